The minimum Gasteiger partial charge on any atom is -0.212 e. The first-order valence-corrected chi connectivity index (χ1v) is 14.6. The van der Waals surface area contributed by atoms with E-state index in [4.69, 9.17) is 10.2 Å². The standard InChI is InChI=1S/C38H24N6/c1-3-13-29(14-4-1)43-37-31-17-9-7-11-27(31)23-33(35(37)39-41-43)25-19-21-26(22-20-25)34-24-28-12-8-10-18-32(28)38-36(34)40-42-44(38)30-15-5-2-6-16-30/h1-24H. The molecule has 0 saturated carbocycles. The molecule has 7 aromatic carbocycles. The van der Waals surface area contributed by atoms with Crippen molar-refractivity contribution in [2.45, 2.75) is 0 Å². The van der Waals surface area contributed by atoms with Crippen molar-refractivity contribution in [1.82, 2.24) is 30.0 Å². The monoisotopic (exact) mass is 564 g/mol. The molecule has 44 heavy (non-hydrogen) atoms. The second-order valence-electron chi connectivity index (χ2n) is 10.9. The fourth-order valence-corrected chi connectivity index (χ4v) is 6.30. The van der Waals surface area contributed by atoms with E-state index in [9.17, 15) is 0 Å². The van der Waals surface area contributed by atoms with Crippen molar-refractivity contribution in [2.24, 2.45) is 0 Å². The van der Waals surface area contributed by atoms with E-state index in [2.05, 4.69) is 120 Å². The second kappa shape index (κ2) is 9.71. The molecule has 0 unspecified atom stereocenters. The first kappa shape index (κ1) is 24.5. The summed E-state index contributed by atoms with van der Waals surface area (Å²) in [7, 11) is 0. The Kier molecular flexibility index (Phi) is 5.40. The molecule has 0 saturated heterocycles. The number of hydrogen-bond acceptors (Lipinski definition) is 4. The van der Waals surface area contributed by atoms with E-state index in [0.29, 0.717) is 0 Å². The molecule has 6 heteroatoms. The van der Waals surface area contributed by atoms with Gasteiger partial charge in [0.15, 0.2) is 0 Å². The zero-order valence-corrected chi connectivity index (χ0v) is 23.5. The van der Waals surface area contributed by atoms with Crippen molar-refractivity contribution < 1.29 is 0 Å². The van der Waals surface area contributed by atoms with E-state index in [1.54, 1.807) is 0 Å². The summed E-state index contributed by atoms with van der Waals surface area (Å²) in [4.78, 5) is 0. The fourth-order valence-electron chi connectivity index (χ4n) is 6.30. The van der Waals surface area contributed by atoms with Crippen LogP contribution in [0.4, 0.5) is 0 Å². The van der Waals surface area contributed by atoms with Crippen LogP contribution in [0.25, 0.3) is 77.2 Å². The summed E-state index contributed by atoms with van der Waals surface area (Å²) in [5, 5.41) is 23.1. The molecule has 0 atom stereocenters. The highest BCUT2D eigenvalue weighted by Gasteiger charge is 2.18. The molecule has 0 radical (unpaired) electrons. The summed E-state index contributed by atoms with van der Waals surface area (Å²) in [5.41, 5.74) is 9.97. The Labute approximate surface area is 252 Å². The second-order valence-corrected chi connectivity index (χ2v) is 10.9. The number of hydrogen-bond donors (Lipinski definition) is 0. The van der Waals surface area contributed by atoms with Crippen molar-refractivity contribution in [2.75, 3.05) is 0 Å². The van der Waals surface area contributed by atoms with Crippen molar-refractivity contribution in [3.63, 3.8) is 0 Å². The molecule has 0 spiro atoms. The third-order valence-corrected chi connectivity index (χ3v) is 8.39. The molecule has 0 amide bonds. The van der Waals surface area contributed by atoms with Gasteiger partial charge in [0.2, 0.25) is 0 Å². The molecule has 206 valence electrons. The lowest BCUT2D eigenvalue weighted by atomic mass is 9.95. The topological polar surface area (TPSA) is 61.4 Å². The summed E-state index contributed by atoms with van der Waals surface area (Å²) >= 11 is 0. The largest absolute Gasteiger partial charge is 0.212 e. The van der Waals surface area contributed by atoms with Gasteiger partial charge in [0.1, 0.15) is 22.1 Å². The predicted octanol–water partition coefficient (Wildman–Crippen LogP) is 8.79. The Bertz CT molecular complexity index is 2300. The number of rotatable bonds is 4. The van der Waals surface area contributed by atoms with Gasteiger partial charge in [-0.2, -0.15) is 0 Å². The number of benzene rings is 7. The lowest BCUT2D eigenvalue weighted by Gasteiger charge is -2.11. The predicted molar refractivity (Wildman–Crippen MR) is 177 cm³/mol. The smallest absolute Gasteiger partial charge is 0.122 e. The number of fused-ring (bicyclic) bond motifs is 6. The van der Waals surface area contributed by atoms with Crippen LogP contribution in [0.3, 0.4) is 0 Å². The quantitative estimate of drug-likeness (QED) is 0.214. The Morgan fingerprint density at radius 3 is 1.20 bits per heavy atom. The van der Waals surface area contributed by atoms with Gasteiger partial charge < -0.3 is 0 Å². The molecule has 2 aromatic heterocycles. The van der Waals surface area contributed by atoms with Gasteiger partial charge in [-0.3, -0.25) is 0 Å². The highest BCUT2D eigenvalue weighted by atomic mass is 15.4. The van der Waals surface area contributed by atoms with Crippen LogP contribution < -0.4 is 0 Å². The molecule has 9 rings (SSSR count). The van der Waals surface area contributed by atoms with Gasteiger partial charge in [-0.25, -0.2) is 9.36 Å². The van der Waals surface area contributed by atoms with E-state index >= 15 is 0 Å². The van der Waals surface area contributed by atoms with E-state index in [1.807, 2.05) is 45.8 Å². The van der Waals surface area contributed by atoms with Crippen LogP contribution >= 0.6 is 0 Å². The minimum atomic E-state index is 0.874. The van der Waals surface area contributed by atoms with E-state index < -0.39 is 0 Å². The first-order chi connectivity index (χ1) is 21.8. The number of para-hydroxylation sites is 2. The van der Waals surface area contributed by atoms with Gasteiger partial charge in [-0.05, 0) is 58.3 Å². The maximum absolute atomic E-state index is 4.70. The van der Waals surface area contributed by atoms with Crippen LogP contribution in [0.2, 0.25) is 0 Å². The molecule has 6 nitrogen and oxygen atoms in total. The fraction of sp³-hybridized carbons (Fsp3) is 0. The van der Waals surface area contributed by atoms with Gasteiger partial charge in [0.25, 0.3) is 0 Å². The highest BCUT2D eigenvalue weighted by Crippen LogP contribution is 2.38. The third kappa shape index (κ3) is 3.75. The normalized spacial score (nSPS) is 11.6. The van der Waals surface area contributed by atoms with E-state index in [1.165, 1.54) is 0 Å². The van der Waals surface area contributed by atoms with Gasteiger partial charge in [0.05, 0.1) is 11.4 Å². The van der Waals surface area contributed by atoms with E-state index in [-0.39, 0.29) is 0 Å². The Hall–Kier alpha value is -6.14. The number of aromatic nitrogens is 6. The molecule has 0 aliphatic heterocycles. The SMILES string of the molecule is c1ccc(-n2nnc3c(-c4ccc(-c5cc6ccccc6c6c5nnn6-c5ccccc5)cc4)cc4ccccc4c32)cc1. The molecular weight excluding hydrogens is 540 g/mol. The summed E-state index contributed by atoms with van der Waals surface area (Å²) in [6.07, 6.45) is 0. The molecule has 2 heterocycles. The van der Waals surface area contributed by atoms with Gasteiger partial charge in [0, 0.05) is 21.9 Å². The van der Waals surface area contributed by atoms with Crippen molar-refractivity contribution in [1.29, 1.82) is 0 Å². The molecular formula is C38H24N6. The van der Waals surface area contributed by atoms with Crippen LogP contribution in [0, 0.1) is 0 Å². The summed E-state index contributed by atoms with van der Waals surface area (Å²) in [6, 6.07) is 50.3. The maximum Gasteiger partial charge on any atom is 0.122 e. The van der Waals surface area contributed by atoms with Crippen molar-refractivity contribution in [3.8, 4) is 33.6 Å². The Balaban J connectivity index is 1.22. The van der Waals surface area contributed by atoms with Crippen molar-refractivity contribution >= 4 is 43.6 Å². The van der Waals surface area contributed by atoms with Crippen LogP contribution in [-0.2, 0) is 0 Å². The Morgan fingerprint density at radius 2 is 0.773 bits per heavy atom. The molecule has 9 aromatic rings. The molecule has 0 aliphatic rings. The third-order valence-electron chi connectivity index (χ3n) is 8.39. The average molecular weight is 565 g/mol. The molecule has 0 aliphatic carbocycles. The zero-order valence-electron chi connectivity index (χ0n) is 23.5. The van der Waals surface area contributed by atoms with Crippen LogP contribution in [-0.4, -0.2) is 30.0 Å². The van der Waals surface area contributed by atoms with Crippen LogP contribution in [0.15, 0.2) is 146 Å². The van der Waals surface area contributed by atoms with E-state index in [0.717, 1.165) is 77.2 Å². The Morgan fingerprint density at radius 1 is 0.386 bits per heavy atom. The van der Waals surface area contributed by atoms with Crippen molar-refractivity contribution in [3.05, 3.63) is 146 Å². The molecule has 0 fully saturated rings. The van der Waals surface area contributed by atoms with Crippen LogP contribution in [0.5, 0.6) is 0 Å². The summed E-state index contributed by atoms with van der Waals surface area (Å²) in [5.74, 6) is 0. The first-order valence-electron chi connectivity index (χ1n) is 14.6. The van der Waals surface area contributed by atoms with Gasteiger partial charge in [-0.1, -0.05) is 120 Å². The molecule has 0 bridgehead atoms. The highest BCUT2D eigenvalue weighted by molar-refractivity contribution is 6.12. The maximum atomic E-state index is 4.70. The molecule has 0 N–H and O–H groups in total. The number of nitrogens with zero attached hydrogens (tertiary/aromatic N) is 6. The van der Waals surface area contributed by atoms with Gasteiger partial charge >= 0.3 is 0 Å². The lowest BCUT2D eigenvalue weighted by Crippen LogP contribution is -1.96. The minimum absolute atomic E-state index is 0.874. The zero-order chi connectivity index (χ0) is 29.0. The summed E-state index contributed by atoms with van der Waals surface area (Å²) in [6.45, 7) is 0. The lowest BCUT2D eigenvalue weighted by molar-refractivity contribution is 0.825. The summed E-state index contributed by atoms with van der Waals surface area (Å²) < 4.78 is 3.88. The average Bonchev–Trinajstić information content (AvgIpc) is 3.75. The van der Waals surface area contributed by atoms with Crippen LogP contribution in [0.1, 0.15) is 0 Å². The van der Waals surface area contributed by atoms with Gasteiger partial charge in [-0.15, -0.1) is 10.2 Å².